The number of benzene rings is 2. The molecule has 0 spiro atoms. The predicted octanol–water partition coefficient (Wildman–Crippen LogP) is 3.36. The third kappa shape index (κ3) is 2.58. The summed E-state index contributed by atoms with van der Waals surface area (Å²) in [6.07, 6.45) is 5.06. The van der Waals surface area contributed by atoms with Crippen LogP contribution < -0.4 is 4.90 Å². The van der Waals surface area contributed by atoms with Crippen LogP contribution in [0.25, 0.3) is 0 Å². The highest BCUT2D eigenvalue weighted by atomic mass is 16.5. The number of hydrogen-bond donors (Lipinski definition) is 0. The normalized spacial score (nSPS) is 27.4. The molecule has 0 N–H and O–H groups in total. The van der Waals surface area contributed by atoms with Gasteiger partial charge in [-0.2, -0.15) is 0 Å². The Morgan fingerprint density at radius 2 is 1.50 bits per heavy atom. The largest absolute Gasteiger partial charge is 0.457 e. The second-order valence-electron chi connectivity index (χ2n) is 7.62. The lowest BCUT2D eigenvalue weighted by Crippen LogP contribution is -2.32. The third-order valence-electron chi connectivity index (χ3n) is 6.04. The number of nitrogens with zero attached hydrogens (tertiary/aromatic N) is 1. The van der Waals surface area contributed by atoms with Crippen molar-refractivity contribution in [2.45, 2.75) is 13.0 Å². The molecule has 5 heteroatoms. The Hall–Kier alpha value is -3.21. The van der Waals surface area contributed by atoms with Crippen LogP contribution in [0.1, 0.15) is 22.3 Å². The van der Waals surface area contributed by atoms with E-state index in [1.165, 1.54) is 4.90 Å². The summed E-state index contributed by atoms with van der Waals surface area (Å²) in [5, 5.41) is 0. The van der Waals surface area contributed by atoms with Gasteiger partial charge in [0.1, 0.15) is 6.61 Å². The Morgan fingerprint density at radius 1 is 0.893 bits per heavy atom. The van der Waals surface area contributed by atoms with E-state index in [1.807, 2.05) is 30.3 Å². The van der Waals surface area contributed by atoms with E-state index in [9.17, 15) is 14.4 Å². The zero-order chi connectivity index (χ0) is 19.3. The van der Waals surface area contributed by atoms with Crippen LogP contribution in [-0.2, 0) is 20.9 Å². The van der Waals surface area contributed by atoms with Crippen LogP contribution >= 0.6 is 0 Å². The van der Waals surface area contributed by atoms with E-state index in [-0.39, 0.29) is 42.1 Å². The lowest BCUT2D eigenvalue weighted by molar-refractivity contribution is -0.123. The quantitative estimate of drug-likeness (QED) is 0.468. The summed E-state index contributed by atoms with van der Waals surface area (Å²) < 4.78 is 5.32. The van der Waals surface area contributed by atoms with Crippen LogP contribution in [0, 0.1) is 23.7 Å². The number of ether oxygens (including phenoxy) is 1. The molecule has 4 atom stereocenters. The van der Waals surface area contributed by atoms with Crippen LogP contribution in [0.15, 0.2) is 66.7 Å². The van der Waals surface area contributed by atoms with E-state index in [1.54, 1.807) is 24.3 Å². The Morgan fingerprint density at radius 3 is 2.11 bits per heavy atom. The molecule has 2 bridgehead atoms. The fraction of sp³-hybridized carbons (Fsp3) is 0.261. The second-order valence-corrected chi connectivity index (χ2v) is 7.62. The van der Waals surface area contributed by atoms with Gasteiger partial charge in [0.05, 0.1) is 23.1 Å². The molecule has 2 aromatic carbocycles. The van der Waals surface area contributed by atoms with Gasteiger partial charge in [0.2, 0.25) is 11.8 Å². The molecular formula is C23H19NO4. The number of rotatable bonds is 4. The number of anilines is 1. The first kappa shape index (κ1) is 16.9. The number of fused-ring (bicyclic) bond motifs is 5. The van der Waals surface area contributed by atoms with E-state index in [0.717, 1.165) is 12.0 Å². The number of hydrogen-bond acceptors (Lipinski definition) is 4. The van der Waals surface area contributed by atoms with Gasteiger partial charge in [-0.05, 0) is 48.1 Å². The van der Waals surface area contributed by atoms with E-state index in [0.29, 0.717) is 11.3 Å². The number of esters is 1. The Balaban J connectivity index is 1.30. The van der Waals surface area contributed by atoms with Gasteiger partial charge in [-0.25, -0.2) is 4.79 Å². The molecule has 0 aromatic heterocycles. The topological polar surface area (TPSA) is 63.7 Å². The minimum Gasteiger partial charge on any atom is -0.457 e. The standard InChI is InChI=1S/C23H19NO4/c25-21-19-16-6-7-17(12-16)20(19)22(26)24(21)18-10-8-15(9-11-18)23(27)28-13-14-4-2-1-3-5-14/h1-11,16-17,19-20H,12-13H2/t16-,17-,19-,20+/m1/s1. The van der Waals surface area contributed by atoms with Crippen LogP contribution in [-0.4, -0.2) is 17.8 Å². The minimum atomic E-state index is -0.436. The molecular weight excluding hydrogens is 354 g/mol. The van der Waals surface area contributed by atoms with Crippen molar-refractivity contribution in [1.82, 2.24) is 0 Å². The van der Waals surface area contributed by atoms with E-state index in [2.05, 4.69) is 12.2 Å². The maximum absolute atomic E-state index is 12.8. The Bertz CT molecular complexity index is 949. The molecule has 5 rings (SSSR count). The van der Waals surface area contributed by atoms with Gasteiger partial charge < -0.3 is 4.74 Å². The molecule has 1 saturated carbocycles. The molecule has 2 aromatic rings. The Labute approximate surface area is 162 Å². The number of imide groups is 1. The second kappa shape index (κ2) is 6.44. The van der Waals surface area contributed by atoms with Gasteiger partial charge in [0, 0.05) is 0 Å². The smallest absolute Gasteiger partial charge is 0.338 e. The van der Waals surface area contributed by atoms with Crippen LogP contribution in [0.3, 0.4) is 0 Å². The average Bonchev–Trinajstić information content (AvgIpc) is 3.41. The average molecular weight is 373 g/mol. The van der Waals surface area contributed by atoms with Crippen molar-refractivity contribution in [1.29, 1.82) is 0 Å². The molecule has 3 aliphatic rings. The van der Waals surface area contributed by atoms with Crippen molar-refractivity contribution in [2.75, 3.05) is 4.90 Å². The molecule has 0 radical (unpaired) electrons. The molecule has 5 nitrogen and oxygen atoms in total. The SMILES string of the molecule is O=C(OCc1ccccc1)c1ccc(N2C(=O)[C@@H]3[C@H](C2=O)[C@@H]2C=C[C@@H]3C2)cc1. The fourth-order valence-corrected chi connectivity index (χ4v) is 4.71. The molecule has 1 aliphatic heterocycles. The van der Waals surface area contributed by atoms with Gasteiger partial charge in [0.15, 0.2) is 0 Å². The van der Waals surface area contributed by atoms with Crippen molar-refractivity contribution < 1.29 is 19.1 Å². The zero-order valence-electron chi connectivity index (χ0n) is 15.2. The van der Waals surface area contributed by atoms with Crippen molar-refractivity contribution in [3.8, 4) is 0 Å². The number of carbonyl (C=O) groups excluding carboxylic acids is 3. The molecule has 1 heterocycles. The van der Waals surface area contributed by atoms with Gasteiger partial charge in [-0.15, -0.1) is 0 Å². The predicted molar refractivity (Wildman–Crippen MR) is 102 cm³/mol. The zero-order valence-corrected chi connectivity index (χ0v) is 15.2. The number of amides is 2. The van der Waals surface area contributed by atoms with Crippen LogP contribution in [0.4, 0.5) is 5.69 Å². The number of carbonyl (C=O) groups is 3. The maximum atomic E-state index is 12.8. The molecule has 28 heavy (non-hydrogen) atoms. The molecule has 0 unspecified atom stereocenters. The van der Waals surface area contributed by atoms with Gasteiger partial charge >= 0.3 is 5.97 Å². The highest BCUT2D eigenvalue weighted by Crippen LogP contribution is 2.53. The summed E-state index contributed by atoms with van der Waals surface area (Å²) in [6, 6.07) is 15.9. The molecule has 2 amide bonds. The third-order valence-corrected chi connectivity index (χ3v) is 6.04. The first-order valence-corrected chi connectivity index (χ1v) is 9.51. The van der Waals surface area contributed by atoms with Gasteiger partial charge in [0.25, 0.3) is 0 Å². The number of allylic oxidation sites excluding steroid dienone is 2. The summed E-state index contributed by atoms with van der Waals surface area (Å²) in [6.45, 7) is 0.198. The summed E-state index contributed by atoms with van der Waals surface area (Å²) in [4.78, 5) is 39.2. The Kier molecular flexibility index (Phi) is 3.90. The summed E-state index contributed by atoms with van der Waals surface area (Å²) >= 11 is 0. The van der Waals surface area contributed by atoms with Crippen molar-refractivity contribution in [2.24, 2.45) is 23.7 Å². The lowest BCUT2D eigenvalue weighted by atomic mass is 9.85. The molecule has 1 saturated heterocycles. The summed E-state index contributed by atoms with van der Waals surface area (Å²) in [7, 11) is 0. The first-order valence-electron chi connectivity index (χ1n) is 9.51. The van der Waals surface area contributed by atoms with Crippen molar-refractivity contribution in [3.05, 3.63) is 77.9 Å². The van der Waals surface area contributed by atoms with E-state index >= 15 is 0 Å². The van der Waals surface area contributed by atoms with Crippen molar-refractivity contribution >= 4 is 23.5 Å². The fourth-order valence-electron chi connectivity index (χ4n) is 4.71. The van der Waals surface area contributed by atoms with Gasteiger partial charge in [-0.1, -0.05) is 42.5 Å². The molecule has 2 fully saturated rings. The maximum Gasteiger partial charge on any atom is 0.338 e. The van der Waals surface area contributed by atoms with Crippen molar-refractivity contribution in [3.63, 3.8) is 0 Å². The highest BCUT2D eigenvalue weighted by Gasteiger charge is 2.59. The monoisotopic (exact) mass is 373 g/mol. The van der Waals surface area contributed by atoms with E-state index in [4.69, 9.17) is 4.74 Å². The molecule has 140 valence electrons. The van der Waals surface area contributed by atoms with Crippen LogP contribution in [0.5, 0.6) is 0 Å². The van der Waals surface area contributed by atoms with E-state index < -0.39 is 5.97 Å². The first-order chi connectivity index (χ1) is 13.6. The summed E-state index contributed by atoms with van der Waals surface area (Å²) in [5.74, 6) is -0.755. The lowest BCUT2D eigenvalue weighted by Gasteiger charge is -2.17. The highest BCUT2D eigenvalue weighted by molar-refractivity contribution is 6.22. The minimum absolute atomic E-state index is 0.119. The van der Waals surface area contributed by atoms with Gasteiger partial charge in [-0.3, -0.25) is 14.5 Å². The van der Waals surface area contributed by atoms with Crippen LogP contribution in [0.2, 0.25) is 0 Å². The molecule has 2 aliphatic carbocycles. The summed E-state index contributed by atoms with van der Waals surface area (Å²) in [5.41, 5.74) is 1.82.